The van der Waals surface area contributed by atoms with Crippen molar-refractivity contribution in [2.75, 3.05) is 6.61 Å². The third-order valence-electron chi connectivity index (χ3n) is 8.72. The van der Waals surface area contributed by atoms with Gasteiger partial charge in [0.05, 0.1) is 6.10 Å². The maximum absolute atomic E-state index is 15.2. The predicted octanol–water partition coefficient (Wildman–Crippen LogP) is 8.38. The third kappa shape index (κ3) is 5.92. The molecule has 0 amide bonds. The molecule has 31 heavy (non-hydrogen) atoms. The summed E-state index contributed by atoms with van der Waals surface area (Å²) in [5.41, 5.74) is 3.81. The van der Waals surface area contributed by atoms with Gasteiger partial charge < -0.3 is 4.74 Å². The molecule has 1 aromatic carbocycles. The van der Waals surface area contributed by atoms with Crippen molar-refractivity contribution in [3.05, 3.63) is 34.6 Å². The summed E-state index contributed by atoms with van der Waals surface area (Å²) in [4.78, 5) is 0. The van der Waals surface area contributed by atoms with E-state index in [1.54, 1.807) is 0 Å². The maximum atomic E-state index is 15.2. The van der Waals surface area contributed by atoms with E-state index in [9.17, 15) is 0 Å². The van der Waals surface area contributed by atoms with Gasteiger partial charge in [-0.2, -0.15) is 0 Å². The summed E-state index contributed by atoms with van der Waals surface area (Å²) < 4.78 is 21.4. The summed E-state index contributed by atoms with van der Waals surface area (Å²) in [6, 6.07) is 4.22. The van der Waals surface area contributed by atoms with E-state index in [0.717, 1.165) is 49.2 Å². The number of hydrogen-bond acceptors (Lipinski definition) is 1. The summed E-state index contributed by atoms with van der Waals surface area (Å²) in [7, 11) is 0. The number of aryl methyl sites for hydroxylation is 1. The minimum absolute atomic E-state index is 0.0907. The Morgan fingerprint density at radius 3 is 2.52 bits per heavy atom. The van der Waals surface area contributed by atoms with Crippen LogP contribution in [0, 0.1) is 23.6 Å². The molecule has 2 saturated carbocycles. The molecule has 0 saturated heterocycles. The first-order valence-corrected chi connectivity index (χ1v) is 13.6. The Bertz CT molecular complexity index is 698. The molecule has 3 aliphatic carbocycles. The van der Waals surface area contributed by atoms with Crippen LogP contribution in [-0.4, -0.2) is 12.7 Å². The number of ether oxygens (including phenoxy) is 1. The Labute approximate surface area is 190 Å². The molecule has 0 radical (unpaired) electrons. The lowest BCUT2D eigenvalue weighted by Crippen LogP contribution is -2.34. The smallest absolute Gasteiger partial charge is 0.126 e. The minimum atomic E-state index is 0.0907. The van der Waals surface area contributed by atoms with Gasteiger partial charge in [0, 0.05) is 6.61 Å². The minimum Gasteiger partial charge on any atom is -0.378 e. The van der Waals surface area contributed by atoms with Crippen molar-refractivity contribution in [2.45, 2.75) is 122 Å². The number of fused-ring (bicyclic) bond motifs is 2. The average Bonchev–Trinajstić information content (AvgIpc) is 2.78. The van der Waals surface area contributed by atoms with Crippen molar-refractivity contribution < 1.29 is 9.13 Å². The van der Waals surface area contributed by atoms with Gasteiger partial charge in [0.1, 0.15) is 5.82 Å². The molecule has 2 fully saturated rings. The zero-order valence-electron chi connectivity index (χ0n) is 20.1. The quantitative estimate of drug-likeness (QED) is 0.359. The van der Waals surface area contributed by atoms with Gasteiger partial charge in [0.25, 0.3) is 0 Å². The van der Waals surface area contributed by atoms with Crippen LogP contribution in [0.5, 0.6) is 0 Å². The maximum Gasteiger partial charge on any atom is 0.126 e. The molecule has 0 aromatic heterocycles. The molecule has 5 atom stereocenters. The van der Waals surface area contributed by atoms with E-state index in [4.69, 9.17) is 4.74 Å². The van der Waals surface area contributed by atoms with Crippen molar-refractivity contribution in [3.8, 4) is 0 Å². The molecule has 174 valence electrons. The molecule has 1 aromatic rings. The number of rotatable bonds is 9. The lowest BCUT2D eigenvalue weighted by Gasteiger charge is -2.42. The highest BCUT2D eigenvalue weighted by Gasteiger charge is 2.37. The number of benzene rings is 1. The Morgan fingerprint density at radius 1 is 0.871 bits per heavy atom. The van der Waals surface area contributed by atoms with E-state index < -0.39 is 0 Å². The van der Waals surface area contributed by atoms with Crippen LogP contribution >= 0.6 is 0 Å². The summed E-state index contributed by atoms with van der Waals surface area (Å²) in [5.74, 6) is 2.89. The van der Waals surface area contributed by atoms with Crippen LogP contribution in [0.3, 0.4) is 0 Å². The van der Waals surface area contributed by atoms with Crippen LogP contribution in [0.15, 0.2) is 12.1 Å². The number of hydrogen-bond donors (Lipinski definition) is 0. The van der Waals surface area contributed by atoms with Crippen molar-refractivity contribution in [3.63, 3.8) is 0 Å². The fourth-order valence-corrected chi connectivity index (χ4v) is 6.79. The van der Waals surface area contributed by atoms with Gasteiger partial charge in [-0.15, -0.1) is 0 Å². The van der Waals surface area contributed by atoms with Crippen molar-refractivity contribution in [1.29, 1.82) is 0 Å². The van der Waals surface area contributed by atoms with Crippen molar-refractivity contribution in [2.24, 2.45) is 17.8 Å². The fraction of sp³-hybridized carbons (Fsp3) is 0.793. The normalized spacial score (nSPS) is 30.6. The molecule has 0 N–H and O–H groups in total. The van der Waals surface area contributed by atoms with Crippen LogP contribution in [0.4, 0.5) is 4.39 Å². The zero-order valence-corrected chi connectivity index (χ0v) is 20.1. The van der Waals surface area contributed by atoms with Crippen LogP contribution in [0.25, 0.3) is 0 Å². The first-order chi connectivity index (χ1) is 15.2. The molecule has 0 heterocycles. The van der Waals surface area contributed by atoms with Gasteiger partial charge >= 0.3 is 0 Å². The van der Waals surface area contributed by atoms with Gasteiger partial charge in [-0.1, -0.05) is 52.0 Å². The monoisotopic (exact) mass is 428 g/mol. The lowest BCUT2D eigenvalue weighted by atomic mass is 9.65. The molecular weight excluding hydrogens is 383 g/mol. The summed E-state index contributed by atoms with van der Waals surface area (Å²) >= 11 is 0. The first-order valence-electron chi connectivity index (χ1n) is 13.6. The van der Waals surface area contributed by atoms with Gasteiger partial charge in [-0.05, 0) is 111 Å². The second kappa shape index (κ2) is 11.3. The highest BCUT2D eigenvalue weighted by Crippen LogP contribution is 2.47. The highest BCUT2D eigenvalue weighted by atomic mass is 19.1. The van der Waals surface area contributed by atoms with Crippen LogP contribution < -0.4 is 0 Å². The summed E-state index contributed by atoms with van der Waals surface area (Å²) in [6.45, 7) is 5.43. The second-order valence-corrected chi connectivity index (χ2v) is 10.9. The first kappa shape index (κ1) is 23.3. The van der Waals surface area contributed by atoms with E-state index in [2.05, 4.69) is 19.9 Å². The van der Waals surface area contributed by atoms with E-state index in [1.807, 2.05) is 6.07 Å². The Hall–Kier alpha value is -0.890. The topological polar surface area (TPSA) is 9.23 Å². The Morgan fingerprint density at radius 2 is 1.68 bits per heavy atom. The molecular formula is C29H45FO. The van der Waals surface area contributed by atoms with Gasteiger partial charge in [-0.25, -0.2) is 4.39 Å². The summed E-state index contributed by atoms with van der Waals surface area (Å²) in [5, 5.41) is 0. The van der Waals surface area contributed by atoms with Crippen molar-refractivity contribution >= 4 is 0 Å². The largest absolute Gasteiger partial charge is 0.378 e. The van der Waals surface area contributed by atoms with E-state index in [1.165, 1.54) is 88.2 Å². The Kier molecular flexibility index (Phi) is 8.49. The standard InChI is InChI=1S/C29H45FO/c1-3-5-7-8-21-9-10-24-19-28(29(30)20-26(24)16-21)25-12-11-23-18-27(31-15-6-4-2)14-13-22(23)17-25/h19-23,25,27H,3-18H2,1-2H3. The van der Waals surface area contributed by atoms with Crippen LogP contribution in [0.1, 0.15) is 120 Å². The molecule has 1 nitrogen and oxygen atoms in total. The number of halogens is 1. The average molecular weight is 429 g/mol. The van der Waals surface area contributed by atoms with Gasteiger partial charge in [0.2, 0.25) is 0 Å². The highest BCUT2D eigenvalue weighted by molar-refractivity contribution is 5.37. The Balaban J connectivity index is 1.34. The molecule has 0 bridgehead atoms. The number of unbranched alkanes of at least 4 members (excludes halogenated alkanes) is 3. The van der Waals surface area contributed by atoms with Crippen LogP contribution in [-0.2, 0) is 17.6 Å². The van der Waals surface area contributed by atoms with E-state index in [-0.39, 0.29) is 5.82 Å². The molecule has 3 aliphatic rings. The lowest BCUT2D eigenvalue weighted by molar-refractivity contribution is -0.0161. The molecule has 4 rings (SSSR count). The van der Waals surface area contributed by atoms with E-state index >= 15 is 4.39 Å². The van der Waals surface area contributed by atoms with Gasteiger partial charge in [0.15, 0.2) is 0 Å². The SMILES string of the molecule is CCCCCC1CCc2cc(C3CCC4CC(OCCCC)CCC4C3)c(F)cc2C1. The predicted molar refractivity (Wildman–Crippen MR) is 128 cm³/mol. The zero-order chi connectivity index (χ0) is 21.6. The van der Waals surface area contributed by atoms with Crippen molar-refractivity contribution in [1.82, 2.24) is 0 Å². The third-order valence-corrected chi connectivity index (χ3v) is 8.72. The van der Waals surface area contributed by atoms with Gasteiger partial charge in [-0.3, -0.25) is 0 Å². The molecule has 0 aliphatic heterocycles. The molecule has 5 unspecified atom stereocenters. The summed E-state index contributed by atoms with van der Waals surface area (Å²) in [6.07, 6.45) is 19.1. The van der Waals surface area contributed by atoms with E-state index in [0.29, 0.717) is 12.0 Å². The second-order valence-electron chi connectivity index (χ2n) is 10.9. The molecule has 2 heteroatoms. The molecule has 0 spiro atoms. The fourth-order valence-electron chi connectivity index (χ4n) is 6.79. The van der Waals surface area contributed by atoms with Crippen LogP contribution in [0.2, 0.25) is 0 Å².